The lowest BCUT2D eigenvalue weighted by atomic mass is 9.99. The number of carboxylic acids is 1. The average Bonchev–Trinajstić information content (AvgIpc) is 2.46. The van der Waals surface area contributed by atoms with Gasteiger partial charge in [0.1, 0.15) is 0 Å². The Morgan fingerprint density at radius 1 is 1.19 bits per heavy atom. The molecule has 0 radical (unpaired) electrons. The van der Waals surface area contributed by atoms with Gasteiger partial charge in [-0.3, -0.25) is 4.79 Å². The Hall–Kier alpha value is -2.08. The third-order valence-corrected chi connectivity index (χ3v) is 2.97. The van der Waals surface area contributed by atoms with E-state index in [0.29, 0.717) is 18.7 Å². The first-order valence-corrected chi connectivity index (χ1v) is 6.95. The Balaban J connectivity index is 2.44. The summed E-state index contributed by atoms with van der Waals surface area (Å²) in [7, 11) is 0. The minimum Gasteiger partial charge on any atom is -0.481 e. The van der Waals surface area contributed by atoms with E-state index in [1.165, 1.54) is 0 Å². The third kappa shape index (κ3) is 6.27. The summed E-state index contributed by atoms with van der Waals surface area (Å²) in [4.78, 5) is 22.9. The first kappa shape index (κ1) is 17.0. The molecule has 6 nitrogen and oxygen atoms in total. The fourth-order valence-corrected chi connectivity index (χ4v) is 1.87. The number of hydrogen-bond acceptors (Lipinski definition) is 3. The molecule has 1 aromatic carbocycles. The lowest BCUT2D eigenvalue weighted by Gasteiger charge is -2.16. The van der Waals surface area contributed by atoms with Crippen molar-refractivity contribution in [2.45, 2.75) is 25.9 Å². The van der Waals surface area contributed by atoms with Crippen LogP contribution in [0.4, 0.5) is 4.79 Å². The molecule has 1 aromatic rings. The SMILES string of the molecule is CCOC(C)CNC(=O)NCC(C(=O)O)c1ccccc1. The molecule has 2 amide bonds. The molecule has 0 fully saturated rings. The van der Waals surface area contributed by atoms with Crippen molar-refractivity contribution in [1.82, 2.24) is 10.6 Å². The molecule has 0 spiro atoms. The van der Waals surface area contributed by atoms with Crippen molar-refractivity contribution in [3.63, 3.8) is 0 Å². The Labute approximate surface area is 124 Å². The quantitative estimate of drug-likeness (QED) is 0.679. The lowest BCUT2D eigenvalue weighted by molar-refractivity contribution is -0.138. The standard InChI is InChI=1S/C15H22N2O4/c1-3-21-11(2)9-16-15(20)17-10-13(14(18)19)12-7-5-4-6-8-12/h4-8,11,13H,3,9-10H2,1-2H3,(H,18,19)(H2,16,17,20). The van der Waals surface area contributed by atoms with Crippen LogP contribution in [0.15, 0.2) is 30.3 Å². The number of aliphatic carboxylic acids is 1. The van der Waals surface area contributed by atoms with Gasteiger partial charge in [0.25, 0.3) is 0 Å². The molecule has 2 atom stereocenters. The van der Waals surface area contributed by atoms with Gasteiger partial charge in [0, 0.05) is 19.7 Å². The van der Waals surface area contributed by atoms with E-state index in [9.17, 15) is 14.7 Å². The molecule has 0 aliphatic rings. The first-order valence-electron chi connectivity index (χ1n) is 6.95. The van der Waals surface area contributed by atoms with Crippen LogP contribution in [0.5, 0.6) is 0 Å². The Morgan fingerprint density at radius 2 is 1.81 bits per heavy atom. The molecular formula is C15H22N2O4. The predicted octanol–water partition coefficient (Wildman–Crippen LogP) is 1.58. The number of carbonyl (C=O) groups excluding carboxylic acids is 1. The number of benzene rings is 1. The van der Waals surface area contributed by atoms with Crippen LogP contribution in [0.3, 0.4) is 0 Å². The maximum atomic E-state index is 11.6. The van der Waals surface area contributed by atoms with Crippen LogP contribution in [0.2, 0.25) is 0 Å². The van der Waals surface area contributed by atoms with Gasteiger partial charge in [-0.1, -0.05) is 30.3 Å². The summed E-state index contributed by atoms with van der Waals surface area (Å²) in [6.07, 6.45) is -0.0786. The van der Waals surface area contributed by atoms with Gasteiger partial charge in [-0.15, -0.1) is 0 Å². The van der Waals surface area contributed by atoms with Gasteiger partial charge in [-0.25, -0.2) is 4.79 Å². The molecule has 3 N–H and O–H groups in total. The number of amides is 2. The second-order valence-corrected chi connectivity index (χ2v) is 4.66. The average molecular weight is 294 g/mol. The number of carboxylic acid groups (broad SMARTS) is 1. The molecule has 116 valence electrons. The van der Waals surface area contributed by atoms with Gasteiger partial charge in [-0.2, -0.15) is 0 Å². The monoisotopic (exact) mass is 294 g/mol. The number of carbonyl (C=O) groups is 2. The molecule has 0 saturated heterocycles. The maximum Gasteiger partial charge on any atom is 0.314 e. The van der Waals surface area contributed by atoms with Gasteiger partial charge >= 0.3 is 12.0 Å². The third-order valence-electron chi connectivity index (χ3n) is 2.97. The molecule has 0 aliphatic carbocycles. The number of ether oxygens (including phenoxy) is 1. The number of rotatable bonds is 8. The van der Waals surface area contributed by atoms with Crippen molar-refractivity contribution >= 4 is 12.0 Å². The summed E-state index contributed by atoms with van der Waals surface area (Å²) in [6.45, 7) is 4.73. The summed E-state index contributed by atoms with van der Waals surface area (Å²) >= 11 is 0. The Kier molecular flexibility index (Phi) is 7.25. The summed E-state index contributed by atoms with van der Waals surface area (Å²) in [6, 6.07) is 8.43. The number of urea groups is 1. The lowest BCUT2D eigenvalue weighted by Crippen LogP contribution is -2.42. The van der Waals surface area contributed by atoms with Gasteiger partial charge in [-0.05, 0) is 19.4 Å². The topological polar surface area (TPSA) is 87.7 Å². The zero-order chi connectivity index (χ0) is 15.7. The molecule has 21 heavy (non-hydrogen) atoms. The molecule has 0 saturated carbocycles. The molecule has 1 rings (SSSR count). The van der Waals surface area contributed by atoms with Crippen LogP contribution < -0.4 is 10.6 Å². The second kappa shape index (κ2) is 8.97. The van der Waals surface area contributed by atoms with E-state index in [-0.39, 0.29) is 12.6 Å². The van der Waals surface area contributed by atoms with E-state index in [1.54, 1.807) is 24.3 Å². The highest BCUT2D eigenvalue weighted by Gasteiger charge is 2.20. The van der Waals surface area contributed by atoms with Crippen molar-refractivity contribution in [3.05, 3.63) is 35.9 Å². The molecular weight excluding hydrogens is 272 g/mol. The van der Waals surface area contributed by atoms with E-state index in [4.69, 9.17) is 4.74 Å². The number of hydrogen-bond donors (Lipinski definition) is 3. The fourth-order valence-electron chi connectivity index (χ4n) is 1.87. The van der Waals surface area contributed by atoms with E-state index in [1.807, 2.05) is 19.9 Å². The van der Waals surface area contributed by atoms with Crippen molar-refractivity contribution in [2.75, 3.05) is 19.7 Å². The summed E-state index contributed by atoms with van der Waals surface area (Å²) in [5.41, 5.74) is 0.660. The highest BCUT2D eigenvalue weighted by atomic mass is 16.5. The summed E-state index contributed by atoms with van der Waals surface area (Å²) in [5.74, 6) is -1.73. The van der Waals surface area contributed by atoms with Crippen LogP contribution >= 0.6 is 0 Å². The zero-order valence-electron chi connectivity index (χ0n) is 12.3. The van der Waals surface area contributed by atoms with Crippen molar-refractivity contribution in [2.24, 2.45) is 0 Å². The minimum atomic E-state index is -0.968. The van der Waals surface area contributed by atoms with E-state index >= 15 is 0 Å². The molecule has 0 aliphatic heterocycles. The Morgan fingerprint density at radius 3 is 2.38 bits per heavy atom. The van der Waals surface area contributed by atoms with Crippen LogP contribution in [0.1, 0.15) is 25.3 Å². The van der Waals surface area contributed by atoms with Gasteiger partial charge in [0.2, 0.25) is 0 Å². The second-order valence-electron chi connectivity index (χ2n) is 4.66. The molecule has 0 bridgehead atoms. The highest BCUT2D eigenvalue weighted by Crippen LogP contribution is 2.14. The Bertz CT molecular complexity index is 450. The van der Waals surface area contributed by atoms with Crippen molar-refractivity contribution in [3.8, 4) is 0 Å². The maximum absolute atomic E-state index is 11.6. The highest BCUT2D eigenvalue weighted by molar-refractivity contribution is 5.79. The number of nitrogens with one attached hydrogen (secondary N) is 2. The molecule has 6 heteroatoms. The van der Waals surface area contributed by atoms with Gasteiger partial charge < -0.3 is 20.5 Å². The smallest absolute Gasteiger partial charge is 0.314 e. The van der Waals surface area contributed by atoms with Gasteiger partial charge in [0.15, 0.2) is 0 Å². The van der Waals surface area contributed by atoms with Crippen LogP contribution in [-0.4, -0.2) is 42.9 Å². The first-order chi connectivity index (χ1) is 10.0. The summed E-state index contributed by atoms with van der Waals surface area (Å²) < 4.78 is 5.29. The van der Waals surface area contributed by atoms with E-state index < -0.39 is 17.9 Å². The summed E-state index contributed by atoms with van der Waals surface area (Å²) in [5, 5.41) is 14.5. The van der Waals surface area contributed by atoms with Crippen LogP contribution in [0, 0.1) is 0 Å². The molecule has 2 unspecified atom stereocenters. The predicted molar refractivity (Wildman–Crippen MR) is 79.3 cm³/mol. The van der Waals surface area contributed by atoms with Crippen LogP contribution in [-0.2, 0) is 9.53 Å². The van der Waals surface area contributed by atoms with Crippen molar-refractivity contribution in [1.29, 1.82) is 0 Å². The zero-order valence-corrected chi connectivity index (χ0v) is 12.3. The largest absolute Gasteiger partial charge is 0.481 e. The van der Waals surface area contributed by atoms with Crippen molar-refractivity contribution < 1.29 is 19.4 Å². The molecule has 0 aromatic heterocycles. The van der Waals surface area contributed by atoms with Crippen LogP contribution in [0.25, 0.3) is 0 Å². The normalized spacial score (nSPS) is 13.2. The fraction of sp³-hybridized carbons (Fsp3) is 0.467. The van der Waals surface area contributed by atoms with E-state index in [0.717, 1.165) is 0 Å². The van der Waals surface area contributed by atoms with E-state index in [2.05, 4.69) is 10.6 Å². The minimum absolute atomic E-state index is 0.0359. The van der Waals surface area contributed by atoms with Gasteiger partial charge in [0.05, 0.1) is 12.0 Å². The molecule has 0 heterocycles.